The third-order valence-corrected chi connectivity index (χ3v) is 3.18. The van der Waals surface area contributed by atoms with Crippen LogP contribution < -0.4 is 0 Å². The molecule has 0 atom stereocenters. The first-order chi connectivity index (χ1) is 6.66. The number of hydrogen-bond donors (Lipinski definition) is 2. The predicted octanol–water partition coefficient (Wildman–Crippen LogP) is 2.60. The fourth-order valence-electron chi connectivity index (χ4n) is 1.02. The van der Waals surface area contributed by atoms with Crippen molar-refractivity contribution in [3.63, 3.8) is 0 Å². The highest BCUT2D eigenvalue weighted by Crippen LogP contribution is 2.27. The van der Waals surface area contributed by atoms with E-state index in [1.807, 2.05) is 11.4 Å². The zero-order valence-corrected chi connectivity index (χ0v) is 9.22. The largest absolute Gasteiger partial charge is 0.477 e. The van der Waals surface area contributed by atoms with Crippen LogP contribution in [0, 0.1) is 0 Å². The van der Waals surface area contributed by atoms with Gasteiger partial charge in [-0.3, -0.25) is 5.10 Å². The van der Waals surface area contributed by atoms with Crippen LogP contribution in [0.25, 0.3) is 11.3 Å². The molecule has 4 nitrogen and oxygen atoms in total. The number of nitrogens with zero attached hydrogens (tertiary/aromatic N) is 1. The van der Waals surface area contributed by atoms with Crippen LogP contribution >= 0.6 is 27.3 Å². The van der Waals surface area contributed by atoms with Gasteiger partial charge in [0, 0.05) is 10.9 Å². The normalized spacial score (nSPS) is 10.4. The smallest absolute Gasteiger partial charge is 0.353 e. The summed E-state index contributed by atoms with van der Waals surface area (Å²) in [6, 6.07) is 3.41. The molecule has 0 radical (unpaired) electrons. The number of nitrogens with one attached hydrogen (secondary N) is 1. The Hall–Kier alpha value is -1.14. The Morgan fingerprint density at radius 2 is 2.36 bits per heavy atom. The lowest BCUT2D eigenvalue weighted by Crippen LogP contribution is -1.95. The van der Waals surface area contributed by atoms with Gasteiger partial charge < -0.3 is 5.11 Å². The zero-order valence-electron chi connectivity index (χ0n) is 6.82. The van der Waals surface area contributed by atoms with Crippen LogP contribution in [0.5, 0.6) is 0 Å². The molecule has 14 heavy (non-hydrogen) atoms. The van der Waals surface area contributed by atoms with Crippen molar-refractivity contribution in [2.45, 2.75) is 0 Å². The Balaban J connectivity index is 2.38. The Kier molecular flexibility index (Phi) is 2.39. The zero-order chi connectivity index (χ0) is 10.1. The first kappa shape index (κ1) is 9.42. The van der Waals surface area contributed by atoms with Crippen LogP contribution in [0.2, 0.25) is 0 Å². The van der Waals surface area contributed by atoms with Crippen molar-refractivity contribution < 1.29 is 9.90 Å². The maximum absolute atomic E-state index is 10.6. The molecule has 72 valence electrons. The minimum Gasteiger partial charge on any atom is -0.477 e. The van der Waals surface area contributed by atoms with E-state index in [1.54, 1.807) is 0 Å². The minimum atomic E-state index is -1.00. The third-order valence-electron chi connectivity index (χ3n) is 1.67. The summed E-state index contributed by atoms with van der Waals surface area (Å²) in [6.45, 7) is 0. The number of aromatic nitrogens is 2. The summed E-state index contributed by atoms with van der Waals surface area (Å²) in [6.07, 6.45) is 0. The van der Waals surface area contributed by atoms with Crippen molar-refractivity contribution in [2.24, 2.45) is 0 Å². The fraction of sp³-hybridized carbons (Fsp3) is 0. The fourth-order valence-corrected chi connectivity index (χ4v) is 2.17. The highest BCUT2D eigenvalue weighted by Gasteiger charge is 2.09. The second-order valence-electron chi connectivity index (χ2n) is 2.61. The van der Waals surface area contributed by atoms with Crippen molar-refractivity contribution in [2.75, 3.05) is 0 Å². The van der Waals surface area contributed by atoms with Gasteiger partial charge in [0.05, 0.1) is 9.48 Å². The lowest BCUT2D eigenvalue weighted by molar-refractivity contribution is 0.0690. The van der Waals surface area contributed by atoms with E-state index < -0.39 is 5.97 Å². The molecular weight excluding hydrogens is 268 g/mol. The Morgan fingerprint density at radius 3 is 2.86 bits per heavy atom. The Bertz CT molecular complexity index is 477. The van der Waals surface area contributed by atoms with E-state index in [0.717, 1.165) is 9.35 Å². The van der Waals surface area contributed by atoms with Crippen LogP contribution in [0.3, 0.4) is 0 Å². The van der Waals surface area contributed by atoms with Crippen LogP contribution in [-0.4, -0.2) is 21.3 Å². The number of hydrogen-bond acceptors (Lipinski definition) is 3. The second kappa shape index (κ2) is 3.55. The van der Waals surface area contributed by atoms with E-state index in [2.05, 4.69) is 26.1 Å². The van der Waals surface area contributed by atoms with E-state index in [4.69, 9.17) is 5.11 Å². The van der Waals surface area contributed by atoms with Gasteiger partial charge in [-0.25, -0.2) is 4.79 Å². The molecule has 0 amide bonds. The molecule has 0 aromatic carbocycles. The third kappa shape index (κ3) is 1.71. The predicted molar refractivity (Wildman–Crippen MR) is 56.6 cm³/mol. The molecule has 0 aliphatic rings. The second-order valence-corrected chi connectivity index (χ2v) is 4.90. The quantitative estimate of drug-likeness (QED) is 0.883. The summed E-state index contributed by atoms with van der Waals surface area (Å²) < 4.78 is 0.993. The molecule has 0 aliphatic heterocycles. The van der Waals surface area contributed by atoms with Crippen LogP contribution in [0.15, 0.2) is 21.3 Å². The summed E-state index contributed by atoms with van der Waals surface area (Å²) in [5, 5.41) is 16.9. The topological polar surface area (TPSA) is 66.0 Å². The molecule has 2 heterocycles. The van der Waals surface area contributed by atoms with Crippen molar-refractivity contribution >= 4 is 33.2 Å². The average Bonchev–Trinajstić information content (AvgIpc) is 2.70. The molecule has 0 fully saturated rings. The van der Waals surface area contributed by atoms with Gasteiger partial charge in [0.2, 0.25) is 0 Å². The van der Waals surface area contributed by atoms with Gasteiger partial charge in [-0.1, -0.05) is 0 Å². The number of halogens is 1. The Morgan fingerprint density at radius 1 is 1.57 bits per heavy atom. The molecule has 2 N–H and O–H groups in total. The van der Waals surface area contributed by atoms with Crippen LogP contribution in [0.1, 0.15) is 10.5 Å². The molecule has 0 saturated carbocycles. The highest BCUT2D eigenvalue weighted by molar-refractivity contribution is 9.11. The molecule has 0 aliphatic carbocycles. The molecule has 0 unspecified atom stereocenters. The molecule has 0 spiro atoms. The molecule has 0 saturated heterocycles. The molecule has 2 aromatic heterocycles. The SMILES string of the molecule is O=C(O)c1cc(-c2csc(Br)c2)n[nH]1. The van der Waals surface area contributed by atoms with Gasteiger partial charge in [-0.05, 0) is 28.1 Å². The van der Waals surface area contributed by atoms with Gasteiger partial charge in [0.15, 0.2) is 0 Å². The summed E-state index contributed by atoms with van der Waals surface area (Å²) in [7, 11) is 0. The van der Waals surface area contributed by atoms with Gasteiger partial charge in [0.25, 0.3) is 0 Å². The standard InChI is InChI=1S/C8H5BrN2O2S/c9-7-1-4(3-14-7)5-2-6(8(12)13)11-10-5/h1-3H,(H,10,11)(H,12,13). The van der Waals surface area contributed by atoms with E-state index >= 15 is 0 Å². The van der Waals surface area contributed by atoms with Crippen LogP contribution in [-0.2, 0) is 0 Å². The minimum absolute atomic E-state index is 0.0994. The van der Waals surface area contributed by atoms with E-state index in [-0.39, 0.29) is 5.69 Å². The Labute approximate surface area is 91.7 Å². The van der Waals surface area contributed by atoms with Crippen molar-refractivity contribution in [1.82, 2.24) is 10.2 Å². The molecular formula is C8H5BrN2O2S. The number of carboxylic acids is 1. The average molecular weight is 273 g/mol. The van der Waals surface area contributed by atoms with Gasteiger partial charge >= 0.3 is 5.97 Å². The van der Waals surface area contributed by atoms with Gasteiger partial charge in [-0.2, -0.15) is 5.10 Å². The number of rotatable bonds is 2. The number of H-pyrrole nitrogens is 1. The number of carboxylic acid groups (broad SMARTS) is 1. The van der Waals surface area contributed by atoms with E-state index in [1.165, 1.54) is 17.4 Å². The van der Waals surface area contributed by atoms with Crippen LogP contribution in [0.4, 0.5) is 0 Å². The maximum atomic E-state index is 10.6. The molecule has 6 heteroatoms. The molecule has 2 aromatic rings. The van der Waals surface area contributed by atoms with E-state index in [9.17, 15) is 4.79 Å². The van der Waals surface area contributed by atoms with Crippen molar-refractivity contribution in [3.8, 4) is 11.3 Å². The number of aromatic carboxylic acids is 1. The summed E-state index contributed by atoms with van der Waals surface area (Å²) >= 11 is 4.86. The maximum Gasteiger partial charge on any atom is 0.353 e. The van der Waals surface area contributed by atoms with Crippen molar-refractivity contribution in [1.29, 1.82) is 0 Å². The summed E-state index contributed by atoms with van der Waals surface area (Å²) in [5.74, 6) is -1.00. The number of thiophene rings is 1. The summed E-state index contributed by atoms with van der Waals surface area (Å²) in [4.78, 5) is 10.6. The van der Waals surface area contributed by atoms with Crippen molar-refractivity contribution in [3.05, 3.63) is 27.0 Å². The monoisotopic (exact) mass is 272 g/mol. The lowest BCUT2D eigenvalue weighted by Gasteiger charge is -1.84. The summed E-state index contributed by atoms with van der Waals surface area (Å²) in [5.41, 5.74) is 1.65. The van der Waals surface area contributed by atoms with E-state index in [0.29, 0.717) is 5.69 Å². The van der Waals surface area contributed by atoms with Gasteiger partial charge in [-0.15, -0.1) is 11.3 Å². The van der Waals surface area contributed by atoms with Gasteiger partial charge in [0.1, 0.15) is 5.69 Å². The highest BCUT2D eigenvalue weighted by atomic mass is 79.9. The first-order valence-electron chi connectivity index (χ1n) is 3.70. The molecule has 0 bridgehead atoms. The molecule has 2 rings (SSSR count). The lowest BCUT2D eigenvalue weighted by atomic mass is 10.2. The number of carbonyl (C=O) groups is 1. The number of aromatic amines is 1. The first-order valence-corrected chi connectivity index (χ1v) is 5.37.